The standard InChI is InChI=1S/C20H29N3O3/c1-12-10-14(20(3,4)5)11-13(2)15(12)8-9-21-17(24)7-6-16-18(25)23-19(26)22-16/h10-11,16H,6-9H2,1-5H3,(H,21,24)(H2,22,23,25,26). The van der Waals surface area contributed by atoms with Crippen LogP contribution in [0.4, 0.5) is 4.79 Å². The summed E-state index contributed by atoms with van der Waals surface area (Å²) < 4.78 is 0. The molecule has 0 saturated carbocycles. The van der Waals surface area contributed by atoms with Crippen LogP contribution in [-0.4, -0.2) is 30.4 Å². The van der Waals surface area contributed by atoms with Gasteiger partial charge in [0.1, 0.15) is 6.04 Å². The van der Waals surface area contributed by atoms with Gasteiger partial charge >= 0.3 is 6.03 Å². The Morgan fingerprint density at radius 2 is 1.77 bits per heavy atom. The van der Waals surface area contributed by atoms with Gasteiger partial charge in [-0.25, -0.2) is 4.79 Å². The van der Waals surface area contributed by atoms with Crippen molar-refractivity contribution >= 4 is 17.8 Å². The molecule has 1 aromatic rings. The van der Waals surface area contributed by atoms with E-state index in [0.717, 1.165) is 6.42 Å². The van der Waals surface area contributed by atoms with E-state index in [1.165, 1.54) is 22.3 Å². The lowest BCUT2D eigenvalue weighted by molar-refractivity contribution is -0.122. The first-order valence-corrected chi connectivity index (χ1v) is 9.06. The summed E-state index contributed by atoms with van der Waals surface area (Å²) in [5, 5.41) is 7.55. The number of nitrogens with one attached hydrogen (secondary N) is 3. The first-order chi connectivity index (χ1) is 12.1. The summed E-state index contributed by atoms with van der Waals surface area (Å²) in [5.41, 5.74) is 5.19. The number of aryl methyl sites for hydroxylation is 2. The van der Waals surface area contributed by atoms with E-state index in [1.807, 2.05) is 0 Å². The van der Waals surface area contributed by atoms with Crippen molar-refractivity contribution in [2.75, 3.05) is 6.54 Å². The lowest BCUT2D eigenvalue weighted by Crippen LogP contribution is -2.32. The number of hydrogen-bond donors (Lipinski definition) is 3. The van der Waals surface area contributed by atoms with Crippen molar-refractivity contribution < 1.29 is 14.4 Å². The Labute approximate surface area is 155 Å². The number of urea groups is 1. The second-order valence-electron chi connectivity index (χ2n) is 7.99. The zero-order valence-electron chi connectivity index (χ0n) is 16.3. The summed E-state index contributed by atoms with van der Waals surface area (Å²) in [4.78, 5) is 34.5. The van der Waals surface area contributed by atoms with Gasteiger partial charge in [0.25, 0.3) is 5.91 Å². The van der Waals surface area contributed by atoms with Gasteiger partial charge in [-0.3, -0.25) is 14.9 Å². The van der Waals surface area contributed by atoms with Crippen molar-refractivity contribution in [2.24, 2.45) is 0 Å². The van der Waals surface area contributed by atoms with Crippen molar-refractivity contribution in [3.05, 3.63) is 34.4 Å². The minimum absolute atomic E-state index is 0.111. The number of carbonyl (C=O) groups excluding carboxylic acids is 3. The fraction of sp³-hybridized carbons (Fsp3) is 0.550. The lowest BCUT2D eigenvalue weighted by Gasteiger charge is -2.22. The molecule has 1 aliphatic heterocycles. The first-order valence-electron chi connectivity index (χ1n) is 9.06. The maximum absolute atomic E-state index is 12.0. The molecule has 0 spiro atoms. The molecule has 1 unspecified atom stereocenters. The number of hydrogen-bond acceptors (Lipinski definition) is 3. The van der Waals surface area contributed by atoms with E-state index in [0.29, 0.717) is 13.0 Å². The van der Waals surface area contributed by atoms with Crippen LogP contribution in [0.5, 0.6) is 0 Å². The van der Waals surface area contributed by atoms with Crippen molar-refractivity contribution in [2.45, 2.75) is 65.3 Å². The van der Waals surface area contributed by atoms with Gasteiger partial charge in [-0.15, -0.1) is 0 Å². The van der Waals surface area contributed by atoms with Gasteiger partial charge in [0, 0.05) is 13.0 Å². The van der Waals surface area contributed by atoms with Crippen LogP contribution < -0.4 is 16.0 Å². The Morgan fingerprint density at radius 3 is 2.27 bits per heavy atom. The van der Waals surface area contributed by atoms with Crippen molar-refractivity contribution in [3.63, 3.8) is 0 Å². The van der Waals surface area contributed by atoms with E-state index in [4.69, 9.17) is 0 Å². The molecule has 142 valence electrons. The van der Waals surface area contributed by atoms with E-state index < -0.39 is 12.1 Å². The molecule has 2 rings (SSSR count). The second-order valence-corrected chi connectivity index (χ2v) is 7.99. The largest absolute Gasteiger partial charge is 0.356 e. The average molecular weight is 359 g/mol. The van der Waals surface area contributed by atoms with E-state index in [1.54, 1.807) is 0 Å². The molecule has 1 aromatic carbocycles. The highest BCUT2D eigenvalue weighted by Crippen LogP contribution is 2.27. The molecule has 0 radical (unpaired) electrons. The quantitative estimate of drug-likeness (QED) is 0.681. The van der Waals surface area contributed by atoms with Gasteiger partial charge in [0.2, 0.25) is 5.91 Å². The van der Waals surface area contributed by atoms with E-state index in [9.17, 15) is 14.4 Å². The molecule has 0 aliphatic carbocycles. The molecule has 1 atom stereocenters. The number of carbonyl (C=O) groups is 3. The zero-order chi connectivity index (χ0) is 19.5. The molecule has 26 heavy (non-hydrogen) atoms. The Morgan fingerprint density at radius 1 is 1.15 bits per heavy atom. The van der Waals surface area contributed by atoms with Crippen LogP contribution in [0.2, 0.25) is 0 Å². The van der Waals surface area contributed by atoms with Crippen molar-refractivity contribution in [1.29, 1.82) is 0 Å². The highest BCUT2D eigenvalue weighted by atomic mass is 16.2. The third-order valence-corrected chi connectivity index (χ3v) is 4.78. The molecule has 6 heteroatoms. The first kappa shape index (κ1) is 19.9. The molecule has 1 fully saturated rings. The van der Waals surface area contributed by atoms with Crippen LogP contribution in [0, 0.1) is 13.8 Å². The van der Waals surface area contributed by atoms with Crippen LogP contribution in [0.15, 0.2) is 12.1 Å². The SMILES string of the molecule is Cc1cc(C(C)(C)C)cc(C)c1CCNC(=O)CCC1NC(=O)NC1=O. The molecule has 0 aromatic heterocycles. The van der Waals surface area contributed by atoms with Crippen LogP contribution in [0.3, 0.4) is 0 Å². The summed E-state index contributed by atoms with van der Waals surface area (Å²) in [6, 6.07) is 3.35. The Balaban J connectivity index is 1.83. The Kier molecular flexibility index (Phi) is 6.05. The Hall–Kier alpha value is -2.37. The predicted octanol–water partition coefficient (Wildman–Crippen LogP) is 2.25. The number of imide groups is 1. The molecule has 3 N–H and O–H groups in total. The van der Waals surface area contributed by atoms with Crippen LogP contribution in [0.1, 0.15) is 55.9 Å². The van der Waals surface area contributed by atoms with Gasteiger partial charge < -0.3 is 10.6 Å². The Bertz CT molecular complexity index is 696. The predicted molar refractivity (Wildman–Crippen MR) is 101 cm³/mol. The summed E-state index contributed by atoms with van der Waals surface area (Å²) in [7, 11) is 0. The van der Waals surface area contributed by atoms with Gasteiger partial charge in [-0.05, 0) is 54.4 Å². The zero-order valence-corrected chi connectivity index (χ0v) is 16.3. The third-order valence-electron chi connectivity index (χ3n) is 4.78. The molecule has 0 bridgehead atoms. The smallest absolute Gasteiger partial charge is 0.322 e. The molecule has 1 heterocycles. The normalized spacial score (nSPS) is 17.0. The van der Waals surface area contributed by atoms with Crippen LogP contribution >= 0.6 is 0 Å². The van der Waals surface area contributed by atoms with Crippen LogP contribution in [0.25, 0.3) is 0 Å². The van der Waals surface area contributed by atoms with Crippen LogP contribution in [-0.2, 0) is 21.4 Å². The molecule has 4 amide bonds. The topological polar surface area (TPSA) is 87.3 Å². The summed E-state index contributed by atoms with van der Waals surface area (Å²) >= 11 is 0. The summed E-state index contributed by atoms with van der Waals surface area (Å²) in [6.45, 7) is 11.4. The van der Waals surface area contributed by atoms with E-state index in [2.05, 4.69) is 62.7 Å². The maximum atomic E-state index is 12.0. The van der Waals surface area contributed by atoms with E-state index >= 15 is 0 Å². The number of amides is 4. The third kappa shape index (κ3) is 5.07. The number of rotatable bonds is 6. The molecule has 1 aliphatic rings. The van der Waals surface area contributed by atoms with Gasteiger partial charge in [0.05, 0.1) is 0 Å². The summed E-state index contributed by atoms with van der Waals surface area (Å²) in [5.74, 6) is -0.478. The average Bonchev–Trinajstić information content (AvgIpc) is 2.84. The highest BCUT2D eigenvalue weighted by Gasteiger charge is 2.29. The fourth-order valence-corrected chi connectivity index (χ4v) is 3.17. The second kappa shape index (κ2) is 7.89. The van der Waals surface area contributed by atoms with Gasteiger partial charge in [-0.1, -0.05) is 32.9 Å². The minimum Gasteiger partial charge on any atom is -0.356 e. The van der Waals surface area contributed by atoms with Gasteiger partial charge in [0.15, 0.2) is 0 Å². The van der Waals surface area contributed by atoms with Crippen molar-refractivity contribution in [3.8, 4) is 0 Å². The maximum Gasteiger partial charge on any atom is 0.322 e. The fourth-order valence-electron chi connectivity index (χ4n) is 3.17. The lowest BCUT2D eigenvalue weighted by atomic mass is 9.83. The monoisotopic (exact) mass is 359 g/mol. The van der Waals surface area contributed by atoms with Gasteiger partial charge in [-0.2, -0.15) is 0 Å². The van der Waals surface area contributed by atoms with Crippen molar-refractivity contribution in [1.82, 2.24) is 16.0 Å². The molecular formula is C20H29N3O3. The summed E-state index contributed by atoms with van der Waals surface area (Å²) in [6.07, 6.45) is 1.29. The highest BCUT2D eigenvalue weighted by molar-refractivity contribution is 6.04. The number of benzene rings is 1. The van der Waals surface area contributed by atoms with E-state index in [-0.39, 0.29) is 23.7 Å². The molecule has 6 nitrogen and oxygen atoms in total. The molecular weight excluding hydrogens is 330 g/mol. The molecule has 1 saturated heterocycles. The minimum atomic E-state index is -0.609.